The fourth-order valence-corrected chi connectivity index (χ4v) is 1.40. The van der Waals surface area contributed by atoms with Crippen LogP contribution in [0, 0.1) is 0 Å². The maximum Gasteiger partial charge on any atom is 0.145 e. The maximum absolute atomic E-state index is 11.1. The standard InChI is InChI=1S/C9H16O2S2/c1-3-7(11)9(13)5-4-8(12)6(2)10/h8-9,12-13H,3-5H2,1-2H3. The number of rotatable bonds is 6. The lowest BCUT2D eigenvalue weighted by molar-refractivity contribution is -0.119. The number of carbonyl (C=O) groups excluding carboxylic acids is 2. The average Bonchev–Trinajstić information content (AvgIpc) is 2.11. The van der Waals surface area contributed by atoms with Gasteiger partial charge in [0.1, 0.15) is 11.6 Å². The highest BCUT2D eigenvalue weighted by Crippen LogP contribution is 2.13. The monoisotopic (exact) mass is 220 g/mol. The lowest BCUT2D eigenvalue weighted by Crippen LogP contribution is -2.17. The van der Waals surface area contributed by atoms with E-state index in [0.29, 0.717) is 19.3 Å². The predicted molar refractivity (Wildman–Crippen MR) is 60.8 cm³/mol. The highest BCUT2D eigenvalue weighted by atomic mass is 32.1. The van der Waals surface area contributed by atoms with Gasteiger partial charge in [-0.15, -0.1) is 0 Å². The smallest absolute Gasteiger partial charge is 0.145 e. The Kier molecular flexibility index (Phi) is 6.51. The van der Waals surface area contributed by atoms with Crippen LogP contribution in [0.5, 0.6) is 0 Å². The van der Waals surface area contributed by atoms with E-state index in [1.165, 1.54) is 6.92 Å². The highest BCUT2D eigenvalue weighted by Gasteiger charge is 2.15. The number of Topliss-reactive ketones (excluding diaryl/α,β-unsaturated/α-hetero) is 2. The summed E-state index contributed by atoms with van der Waals surface area (Å²) >= 11 is 8.26. The van der Waals surface area contributed by atoms with Crippen LogP contribution in [-0.4, -0.2) is 22.1 Å². The van der Waals surface area contributed by atoms with E-state index in [-0.39, 0.29) is 22.1 Å². The van der Waals surface area contributed by atoms with E-state index >= 15 is 0 Å². The van der Waals surface area contributed by atoms with Crippen molar-refractivity contribution in [3.8, 4) is 0 Å². The van der Waals surface area contributed by atoms with Crippen molar-refractivity contribution in [2.45, 2.75) is 43.6 Å². The topological polar surface area (TPSA) is 34.1 Å². The molecule has 2 unspecified atom stereocenters. The zero-order chi connectivity index (χ0) is 10.4. The molecule has 0 aliphatic rings. The van der Waals surface area contributed by atoms with E-state index in [0.717, 1.165) is 0 Å². The summed E-state index contributed by atoms with van der Waals surface area (Å²) in [6.45, 7) is 3.32. The van der Waals surface area contributed by atoms with Crippen LogP contribution in [0.3, 0.4) is 0 Å². The molecule has 0 aromatic heterocycles. The number of hydrogen-bond donors (Lipinski definition) is 2. The molecule has 0 saturated carbocycles. The second-order valence-corrected chi connectivity index (χ2v) is 4.29. The van der Waals surface area contributed by atoms with E-state index in [9.17, 15) is 9.59 Å². The molecule has 0 radical (unpaired) electrons. The van der Waals surface area contributed by atoms with E-state index in [1.54, 1.807) is 0 Å². The molecule has 0 bridgehead atoms. The lowest BCUT2D eigenvalue weighted by Gasteiger charge is -2.10. The predicted octanol–water partition coefficient (Wildman–Crippen LogP) is 1.93. The van der Waals surface area contributed by atoms with Gasteiger partial charge in [-0.05, 0) is 19.8 Å². The zero-order valence-corrected chi connectivity index (χ0v) is 9.78. The van der Waals surface area contributed by atoms with Crippen LogP contribution in [-0.2, 0) is 9.59 Å². The Hall–Kier alpha value is 0.0400. The molecule has 13 heavy (non-hydrogen) atoms. The quantitative estimate of drug-likeness (QED) is 0.671. The van der Waals surface area contributed by atoms with Gasteiger partial charge in [0.2, 0.25) is 0 Å². The zero-order valence-electron chi connectivity index (χ0n) is 7.99. The molecule has 0 aliphatic heterocycles. The van der Waals surface area contributed by atoms with Crippen LogP contribution in [0.25, 0.3) is 0 Å². The van der Waals surface area contributed by atoms with Gasteiger partial charge in [0.05, 0.1) is 10.5 Å². The Morgan fingerprint density at radius 3 is 2.00 bits per heavy atom. The van der Waals surface area contributed by atoms with Crippen LogP contribution < -0.4 is 0 Å². The van der Waals surface area contributed by atoms with Crippen molar-refractivity contribution in [3.05, 3.63) is 0 Å². The highest BCUT2D eigenvalue weighted by molar-refractivity contribution is 7.82. The van der Waals surface area contributed by atoms with Gasteiger partial charge in [0.25, 0.3) is 0 Å². The summed E-state index contributed by atoms with van der Waals surface area (Å²) in [5.74, 6) is 0.181. The fraction of sp³-hybridized carbons (Fsp3) is 0.778. The first-order chi connectivity index (χ1) is 5.99. The number of ketones is 2. The molecule has 2 atom stereocenters. The van der Waals surface area contributed by atoms with Gasteiger partial charge in [0.15, 0.2) is 0 Å². The van der Waals surface area contributed by atoms with Crippen molar-refractivity contribution in [3.63, 3.8) is 0 Å². The Bertz CT molecular complexity index is 192. The number of thiol groups is 2. The molecule has 0 heterocycles. The van der Waals surface area contributed by atoms with Crippen LogP contribution in [0.1, 0.15) is 33.1 Å². The normalized spacial score (nSPS) is 15.1. The van der Waals surface area contributed by atoms with Gasteiger partial charge in [0, 0.05) is 6.42 Å². The van der Waals surface area contributed by atoms with E-state index in [1.807, 2.05) is 6.92 Å². The summed E-state index contributed by atoms with van der Waals surface area (Å²) in [7, 11) is 0. The maximum atomic E-state index is 11.1. The molecular formula is C9H16O2S2. The Balaban J connectivity index is 3.76. The van der Waals surface area contributed by atoms with Crippen LogP contribution in [0.2, 0.25) is 0 Å². The van der Waals surface area contributed by atoms with Crippen molar-refractivity contribution in [2.75, 3.05) is 0 Å². The molecule has 0 saturated heterocycles. The van der Waals surface area contributed by atoms with Crippen molar-refractivity contribution in [2.24, 2.45) is 0 Å². The summed E-state index contributed by atoms with van der Waals surface area (Å²) in [6.07, 6.45) is 1.76. The van der Waals surface area contributed by atoms with Crippen LogP contribution >= 0.6 is 25.3 Å². The fourth-order valence-electron chi connectivity index (χ4n) is 0.916. The van der Waals surface area contributed by atoms with Crippen LogP contribution in [0.15, 0.2) is 0 Å². The first-order valence-electron chi connectivity index (χ1n) is 4.38. The minimum Gasteiger partial charge on any atom is -0.299 e. The van der Waals surface area contributed by atoms with Crippen molar-refractivity contribution < 1.29 is 9.59 Å². The largest absolute Gasteiger partial charge is 0.299 e. The molecular weight excluding hydrogens is 204 g/mol. The summed E-state index contributed by atoms with van der Waals surface area (Å²) in [6, 6.07) is 0. The number of carbonyl (C=O) groups is 2. The third kappa shape index (κ3) is 5.37. The van der Waals surface area contributed by atoms with E-state index in [2.05, 4.69) is 25.3 Å². The summed E-state index contributed by atoms with van der Waals surface area (Å²) in [5, 5.41) is -0.488. The third-order valence-electron chi connectivity index (χ3n) is 1.90. The Labute approximate surface area is 90.3 Å². The molecule has 0 rings (SSSR count). The van der Waals surface area contributed by atoms with Gasteiger partial charge in [-0.2, -0.15) is 25.3 Å². The molecule has 0 N–H and O–H groups in total. The van der Waals surface area contributed by atoms with Crippen molar-refractivity contribution in [1.82, 2.24) is 0 Å². The Morgan fingerprint density at radius 1 is 1.15 bits per heavy atom. The van der Waals surface area contributed by atoms with Crippen molar-refractivity contribution >= 4 is 36.8 Å². The minimum atomic E-state index is -0.251. The molecule has 0 amide bonds. The number of hydrogen-bond acceptors (Lipinski definition) is 4. The van der Waals surface area contributed by atoms with Gasteiger partial charge in [-0.3, -0.25) is 9.59 Å². The second-order valence-electron chi connectivity index (χ2n) is 3.04. The molecule has 0 fully saturated rings. The van der Waals surface area contributed by atoms with Gasteiger partial charge < -0.3 is 0 Å². The van der Waals surface area contributed by atoms with Gasteiger partial charge in [-0.25, -0.2) is 0 Å². The van der Waals surface area contributed by atoms with Crippen molar-refractivity contribution in [1.29, 1.82) is 0 Å². The van der Waals surface area contributed by atoms with E-state index < -0.39 is 0 Å². The molecule has 2 nitrogen and oxygen atoms in total. The molecule has 0 aliphatic carbocycles. The first-order valence-corrected chi connectivity index (χ1v) is 5.41. The minimum absolute atomic E-state index is 0.0489. The third-order valence-corrected chi connectivity index (χ3v) is 3.07. The van der Waals surface area contributed by atoms with Crippen LogP contribution in [0.4, 0.5) is 0 Å². The van der Waals surface area contributed by atoms with E-state index in [4.69, 9.17) is 0 Å². The molecule has 0 aromatic rings. The van der Waals surface area contributed by atoms with Gasteiger partial charge >= 0.3 is 0 Å². The molecule has 0 spiro atoms. The molecule has 4 heteroatoms. The average molecular weight is 220 g/mol. The Morgan fingerprint density at radius 2 is 1.62 bits per heavy atom. The SMILES string of the molecule is CCC(=O)C(S)CCC(S)C(C)=O. The summed E-state index contributed by atoms with van der Waals surface area (Å²) in [5.41, 5.74) is 0. The van der Waals surface area contributed by atoms with Gasteiger partial charge in [-0.1, -0.05) is 6.92 Å². The molecule has 0 aromatic carbocycles. The lowest BCUT2D eigenvalue weighted by atomic mass is 10.1. The molecule has 76 valence electrons. The second kappa shape index (κ2) is 6.49. The summed E-state index contributed by atoms with van der Waals surface area (Å²) < 4.78 is 0. The first kappa shape index (κ1) is 13.0. The summed E-state index contributed by atoms with van der Waals surface area (Å²) in [4.78, 5) is 21.9.